The van der Waals surface area contributed by atoms with E-state index >= 15 is 0 Å². The summed E-state index contributed by atoms with van der Waals surface area (Å²) in [6.45, 7) is 5.71. The number of carbonyl (C=O) groups is 2. The van der Waals surface area contributed by atoms with E-state index in [4.69, 9.17) is 20.8 Å². The Morgan fingerprint density at radius 1 is 1.18 bits per heavy atom. The van der Waals surface area contributed by atoms with E-state index in [9.17, 15) is 9.59 Å². The summed E-state index contributed by atoms with van der Waals surface area (Å²) in [7, 11) is 0. The van der Waals surface area contributed by atoms with Crippen molar-refractivity contribution in [2.75, 3.05) is 5.32 Å². The van der Waals surface area contributed by atoms with Gasteiger partial charge in [0.05, 0.1) is 22.9 Å². The molecule has 0 radical (unpaired) electrons. The van der Waals surface area contributed by atoms with Crippen LogP contribution in [0.2, 0.25) is 5.02 Å². The fourth-order valence-corrected chi connectivity index (χ4v) is 4.01. The molecule has 0 saturated heterocycles. The molecule has 0 unspecified atom stereocenters. The maximum Gasteiger partial charge on any atom is 0.307 e. The third kappa shape index (κ3) is 7.11. The maximum absolute atomic E-state index is 12.6. The first-order valence-corrected chi connectivity index (χ1v) is 12.8. The summed E-state index contributed by atoms with van der Waals surface area (Å²) in [5.74, 6) is 0.574. The number of amides is 2. The largest absolute Gasteiger partial charge is 0.481 e. The lowest BCUT2D eigenvalue weighted by Gasteiger charge is -2.16. The second-order valence-electron chi connectivity index (χ2n) is 8.50. The Labute approximate surface area is 232 Å². The summed E-state index contributed by atoms with van der Waals surface area (Å²) in [6, 6.07) is 15.6. The number of hydrogen-bond acceptors (Lipinski definition) is 6. The number of ether oxygens (including phenoxy) is 1. The average Bonchev–Trinajstić information content (AvgIpc) is 3.53. The van der Waals surface area contributed by atoms with Crippen LogP contribution in [0.25, 0.3) is 0 Å². The number of benzene rings is 2. The molecule has 2 aromatic carbocycles. The van der Waals surface area contributed by atoms with Crippen molar-refractivity contribution in [2.45, 2.75) is 33.4 Å². The number of rotatable bonds is 9. The number of nitrogens with zero attached hydrogens (tertiary/aromatic N) is 3. The standard InChI is InChI=1S/C27H25BrClN5O4/c1-16-12-21(29)6-10-24(16)37-18(3)26(35)31-22-7-4-19(5-8-22)17(2)32-33-27(36)25-11-9-23(38-25)15-34-14-20(28)13-30-34/h4-14,18H,15H2,1-3H3,(H,31,35)(H,33,36)/b32-17+/t18-/m0/s1. The molecule has 11 heteroatoms. The third-order valence-corrected chi connectivity index (χ3v) is 6.15. The van der Waals surface area contributed by atoms with E-state index in [0.29, 0.717) is 34.5 Å². The number of carbonyl (C=O) groups excluding carboxylic acids is 2. The number of hydrogen-bond donors (Lipinski definition) is 2. The number of anilines is 1. The van der Waals surface area contributed by atoms with Gasteiger partial charge in [0.2, 0.25) is 0 Å². The highest BCUT2D eigenvalue weighted by atomic mass is 79.9. The minimum Gasteiger partial charge on any atom is -0.481 e. The Bertz CT molecular complexity index is 1480. The van der Waals surface area contributed by atoms with Crippen LogP contribution in [-0.4, -0.2) is 33.4 Å². The molecule has 2 aromatic heterocycles. The molecule has 2 N–H and O–H groups in total. The monoisotopic (exact) mass is 597 g/mol. The lowest BCUT2D eigenvalue weighted by molar-refractivity contribution is -0.122. The molecule has 196 valence electrons. The van der Waals surface area contributed by atoms with Gasteiger partial charge in [-0.25, -0.2) is 5.43 Å². The highest BCUT2D eigenvalue weighted by Crippen LogP contribution is 2.23. The molecular formula is C27H25BrClN5O4. The van der Waals surface area contributed by atoms with Gasteiger partial charge in [-0.1, -0.05) is 23.7 Å². The normalized spacial score (nSPS) is 12.2. The van der Waals surface area contributed by atoms with E-state index < -0.39 is 12.0 Å². The van der Waals surface area contributed by atoms with Gasteiger partial charge in [-0.3, -0.25) is 14.3 Å². The zero-order valence-electron chi connectivity index (χ0n) is 20.9. The molecule has 4 rings (SSSR count). The molecular weight excluding hydrogens is 574 g/mol. The highest BCUT2D eigenvalue weighted by molar-refractivity contribution is 9.10. The zero-order valence-corrected chi connectivity index (χ0v) is 23.2. The van der Waals surface area contributed by atoms with E-state index in [-0.39, 0.29) is 11.7 Å². The Hall–Kier alpha value is -3.89. The summed E-state index contributed by atoms with van der Waals surface area (Å²) < 4.78 is 13.9. The van der Waals surface area contributed by atoms with Crippen LogP contribution >= 0.6 is 27.5 Å². The molecule has 1 atom stereocenters. The molecule has 9 nitrogen and oxygen atoms in total. The molecule has 0 bridgehead atoms. The fraction of sp³-hybridized carbons (Fsp3) is 0.185. The van der Waals surface area contributed by atoms with E-state index in [1.54, 1.807) is 79.3 Å². The van der Waals surface area contributed by atoms with Gasteiger partial charge in [-0.15, -0.1) is 0 Å². The first-order chi connectivity index (χ1) is 18.2. The van der Waals surface area contributed by atoms with Gasteiger partial charge in [-0.05, 0) is 90.3 Å². The molecule has 2 amide bonds. The van der Waals surface area contributed by atoms with Crippen molar-refractivity contribution in [3.63, 3.8) is 0 Å². The number of aromatic nitrogens is 2. The van der Waals surface area contributed by atoms with Gasteiger partial charge in [-0.2, -0.15) is 10.2 Å². The minimum atomic E-state index is -0.711. The topological polar surface area (TPSA) is 111 Å². The Kier molecular flexibility index (Phi) is 8.65. The van der Waals surface area contributed by atoms with Crippen LogP contribution < -0.4 is 15.5 Å². The molecule has 0 spiro atoms. The van der Waals surface area contributed by atoms with Gasteiger partial charge in [0.15, 0.2) is 11.9 Å². The van der Waals surface area contributed by atoms with Crippen LogP contribution in [0.15, 0.2) is 81.0 Å². The van der Waals surface area contributed by atoms with E-state index in [1.807, 2.05) is 13.1 Å². The Morgan fingerprint density at radius 3 is 2.63 bits per heavy atom. The molecule has 2 heterocycles. The van der Waals surface area contributed by atoms with Gasteiger partial charge >= 0.3 is 5.91 Å². The highest BCUT2D eigenvalue weighted by Gasteiger charge is 2.16. The Morgan fingerprint density at radius 2 is 1.95 bits per heavy atom. The number of aryl methyl sites for hydroxylation is 1. The zero-order chi connectivity index (χ0) is 27.2. The first-order valence-electron chi connectivity index (χ1n) is 11.6. The van der Waals surface area contributed by atoms with Crippen molar-refractivity contribution < 1.29 is 18.7 Å². The van der Waals surface area contributed by atoms with Crippen molar-refractivity contribution in [1.29, 1.82) is 0 Å². The third-order valence-electron chi connectivity index (χ3n) is 5.51. The average molecular weight is 599 g/mol. The molecule has 0 aliphatic rings. The van der Waals surface area contributed by atoms with Crippen molar-refractivity contribution in [1.82, 2.24) is 15.2 Å². The van der Waals surface area contributed by atoms with Crippen LogP contribution in [-0.2, 0) is 11.3 Å². The number of hydrazone groups is 1. The lowest BCUT2D eigenvalue weighted by Crippen LogP contribution is -2.30. The van der Waals surface area contributed by atoms with Crippen LogP contribution in [0, 0.1) is 6.92 Å². The first kappa shape index (κ1) is 27.2. The number of furan rings is 1. The van der Waals surface area contributed by atoms with Gasteiger partial charge in [0, 0.05) is 16.9 Å². The van der Waals surface area contributed by atoms with Crippen molar-refractivity contribution >= 4 is 50.7 Å². The fourth-order valence-electron chi connectivity index (χ4n) is 3.45. The molecule has 38 heavy (non-hydrogen) atoms. The maximum atomic E-state index is 12.6. The van der Waals surface area contributed by atoms with E-state index in [1.165, 1.54) is 0 Å². The summed E-state index contributed by atoms with van der Waals surface area (Å²) in [4.78, 5) is 25.0. The molecule has 0 fully saturated rings. The van der Waals surface area contributed by atoms with E-state index in [2.05, 4.69) is 36.9 Å². The Balaban J connectivity index is 1.30. The van der Waals surface area contributed by atoms with Gasteiger partial charge in [0.1, 0.15) is 11.5 Å². The molecule has 0 aliphatic heterocycles. The van der Waals surface area contributed by atoms with Crippen molar-refractivity contribution in [2.24, 2.45) is 5.10 Å². The van der Waals surface area contributed by atoms with Crippen molar-refractivity contribution in [3.05, 3.63) is 99.1 Å². The quantitative estimate of drug-likeness (QED) is 0.187. The van der Waals surface area contributed by atoms with Crippen LogP contribution in [0.3, 0.4) is 0 Å². The summed E-state index contributed by atoms with van der Waals surface area (Å²) in [5.41, 5.74) is 5.31. The van der Waals surface area contributed by atoms with Crippen molar-refractivity contribution in [3.8, 4) is 5.75 Å². The summed E-state index contributed by atoms with van der Waals surface area (Å²) >= 11 is 9.32. The molecule has 0 aliphatic carbocycles. The predicted molar refractivity (Wildman–Crippen MR) is 149 cm³/mol. The minimum absolute atomic E-state index is 0.144. The predicted octanol–water partition coefficient (Wildman–Crippen LogP) is 5.81. The lowest BCUT2D eigenvalue weighted by atomic mass is 10.1. The second-order valence-corrected chi connectivity index (χ2v) is 9.85. The molecule has 4 aromatic rings. The number of halogens is 2. The SMILES string of the molecule is C/C(=N\NC(=O)c1ccc(Cn2cc(Br)cn2)o1)c1ccc(NC(=O)[C@H](C)Oc2ccc(Cl)cc2C)cc1. The van der Waals surface area contributed by atoms with Gasteiger partial charge < -0.3 is 14.5 Å². The summed E-state index contributed by atoms with van der Waals surface area (Å²) in [5, 5.41) is 11.8. The smallest absolute Gasteiger partial charge is 0.307 e. The second kappa shape index (κ2) is 12.1. The summed E-state index contributed by atoms with van der Waals surface area (Å²) in [6.07, 6.45) is 2.77. The van der Waals surface area contributed by atoms with Crippen LogP contribution in [0.4, 0.5) is 5.69 Å². The van der Waals surface area contributed by atoms with E-state index in [0.717, 1.165) is 15.6 Å². The van der Waals surface area contributed by atoms with Crippen LogP contribution in [0.5, 0.6) is 5.75 Å². The molecule has 0 saturated carbocycles. The number of nitrogens with one attached hydrogen (secondary N) is 2. The van der Waals surface area contributed by atoms with Crippen LogP contribution in [0.1, 0.15) is 41.3 Å². The van der Waals surface area contributed by atoms with Gasteiger partial charge in [0.25, 0.3) is 5.91 Å².